The maximum absolute atomic E-state index is 12.4. The lowest BCUT2D eigenvalue weighted by Gasteiger charge is -2.09. The lowest BCUT2D eigenvalue weighted by Crippen LogP contribution is -2.15. The average molecular weight is 491 g/mol. The summed E-state index contributed by atoms with van der Waals surface area (Å²) in [5, 5.41) is 11.8. The average Bonchev–Trinajstić information content (AvgIpc) is 3.17. The van der Waals surface area contributed by atoms with E-state index >= 15 is 0 Å². The second-order valence-electron chi connectivity index (χ2n) is 6.67. The first-order valence-electron chi connectivity index (χ1n) is 9.95. The van der Waals surface area contributed by atoms with E-state index in [0.29, 0.717) is 33.0 Å². The topological polar surface area (TPSA) is 105 Å². The Hall–Kier alpha value is -3.24. The molecular formula is C22H23ClN4O5S. The Bertz CT molecular complexity index is 1120. The number of methoxy groups -OCH3 is 1. The summed E-state index contributed by atoms with van der Waals surface area (Å²) in [4.78, 5) is 24.3. The van der Waals surface area contributed by atoms with Crippen molar-refractivity contribution in [2.45, 2.75) is 18.7 Å². The van der Waals surface area contributed by atoms with E-state index in [1.54, 1.807) is 56.0 Å². The molecule has 1 heterocycles. The number of amides is 1. The summed E-state index contributed by atoms with van der Waals surface area (Å²) in [7, 11) is 3.40. The van der Waals surface area contributed by atoms with Gasteiger partial charge in [-0.05, 0) is 49.4 Å². The quantitative estimate of drug-likeness (QED) is 0.336. The standard InChI is InChI=1S/C22H23ClN4O5S/c1-4-31-21(29)14-5-10-17(23)18(11-14)24-20(28)13-33-22-26-25-19(27(22)2)12-32-16-8-6-15(30-3)7-9-16/h5-11H,4,12-13H2,1-3H3,(H,24,28). The highest BCUT2D eigenvalue weighted by atomic mass is 35.5. The number of nitrogens with one attached hydrogen (secondary N) is 1. The van der Waals surface area contributed by atoms with E-state index in [-0.39, 0.29) is 24.9 Å². The Labute approximate surface area is 200 Å². The van der Waals surface area contributed by atoms with Crippen molar-refractivity contribution in [3.63, 3.8) is 0 Å². The predicted molar refractivity (Wildman–Crippen MR) is 125 cm³/mol. The number of benzene rings is 2. The van der Waals surface area contributed by atoms with Gasteiger partial charge in [0.15, 0.2) is 11.0 Å². The SMILES string of the molecule is CCOC(=O)c1ccc(Cl)c(NC(=O)CSc2nnc(COc3ccc(OC)cc3)n2C)c1. The van der Waals surface area contributed by atoms with Crippen LogP contribution in [0, 0.1) is 0 Å². The van der Waals surface area contributed by atoms with Gasteiger partial charge in [-0.1, -0.05) is 23.4 Å². The van der Waals surface area contributed by atoms with Crippen LogP contribution in [0.1, 0.15) is 23.1 Å². The molecule has 33 heavy (non-hydrogen) atoms. The number of anilines is 1. The van der Waals surface area contributed by atoms with Gasteiger partial charge >= 0.3 is 5.97 Å². The Morgan fingerprint density at radius 1 is 1.12 bits per heavy atom. The number of carbonyl (C=O) groups excluding carboxylic acids is 2. The monoisotopic (exact) mass is 490 g/mol. The Balaban J connectivity index is 1.55. The first-order valence-corrected chi connectivity index (χ1v) is 11.3. The first kappa shape index (κ1) is 24.4. The van der Waals surface area contributed by atoms with E-state index in [1.165, 1.54) is 23.9 Å². The number of aromatic nitrogens is 3. The summed E-state index contributed by atoms with van der Waals surface area (Å²) in [5.41, 5.74) is 0.637. The van der Waals surface area contributed by atoms with Gasteiger partial charge in [0.1, 0.15) is 18.1 Å². The lowest BCUT2D eigenvalue weighted by molar-refractivity contribution is -0.113. The van der Waals surface area contributed by atoms with Crippen LogP contribution in [-0.2, 0) is 23.2 Å². The Morgan fingerprint density at radius 3 is 2.55 bits per heavy atom. The number of hydrogen-bond acceptors (Lipinski definition) is 8. The molecular weight excluding hydrogens is 468 g/mol. The van der Waals surface area contributed by atoms with Crippen LogP contribution < -0.4 is 14.8 Å². The molecule has 0 saturated carbocycles. The number of rotatable bonds is 10. The largest absolute Gasteiger partial charge is 0.497 e. The van der Waals surface area contributed by atoms with Gasteiger partial charge < -0.3 is 24.1 Å². The fraction of sp³-hybridized carbons (Fsp3) is 0.273. The van der Waals surface area contributed by atoms with Crippen molar-refractivity contribution in [3.8, 4) is 11.5 Å². The molecule has 0 radical (unpaired) electrons. The van der Waals surface area contributed by atoms with E-state index in [1.807, 2.05) is 0 Å². The van der Waals surface area contributed by atoms with Crippen LogP contribution in [0.25, 0.3) is 0 Å². The number of carbonyl (C=O) groups is 2. The van der Waals surface area contributed by atoms with E-state index in [4.69, 9.17) is 25.8 Å². The fourth-order valence-electron chi connectivity index (χ4n) is 2.70. The molecule has 3 rings (SSSR count). The molecule has 0 atom stereocenters. The summed E-state index contributed by atoms with van der Waals surface area (Å²) in [6.07, 6.45) is 0. The summed E-state index contributed by atoms with van der Waals surface area (Å²) >= 11 is 7.37. The smallest absolute Gasteiger partial charge is 0.338 e. The molecule has 1 N–H and O–H groups in total. The summed E-state index contributed by atoms with van der Waals surface area (Å²) in [6.45, 7) is 2.19. The van der Waals surface area contributed by atoms with Crippen molar-refractivity contribution in [3.05, 3.63) is 58.9 Å². The number of hydrogen-bond donors (Lipinski definition) is 1. The van der Waals surface area contributed by atoms with Crippen molar-refractivity contribution in [2.75, 3.05) is 24.8 Å². The maximum atomic E-state index is 12.4. The molecule has 1 aromatic heterocycles. The summed E-state index contributed by atoms with van der Waals surface area (Å²) in [5.74, 6) is 1.31. The first-order chi connectivity index (χ1) is 15.9. The van der Waals surface area contributed by atoms with Gasteiger partial charge in [0.05, 0.1) is 35.7 Å². The molecule has 2 aromatic carbocycles. The molecule has 9 nitrogen and oxygen atoms in total. The van der Waals surface area contributed by atoms with Crippen LogP contribution in [0.2, 0.25) is 5.02 Å². The van der Waals surface area contributed by atoms with Gasteiger partial charge in [0.25, 0.3) is 0 Å². The molecule has 0 aliphatic heterocycles. The van der Waals surface area contributed by atoms with E-state index in [0.717, 1.165) is 5.75 Å². The van der Waals surface area contributed by atoms with Crippen LogP contribution in [0.5, 0.6) is 11.5 Å². The lowest BCUT2D eigenvalue weighted by atomic mass is 10.2. The van der Waals surface area contributed by atoms with Gasteiger partial charge in [-0.3, -0.25) is 4.79 Å². The van der Waals surface area contributed by atoms with E-state index in [2.05, 4.69) is 15.5 Å². The molecule has 0 aliphatic carbocycles. The van der Waals surface area contributed by atoms with Crippen LogP contribution in [-0.4, -0.2) is 46.1 Å². The molecule has 0 bridgehead atoms. The number of esters is 1. The van der Waals surface area contributed by atoms with Crippen molar-refractivity contribution in [1.29, 1.82) is 0 Å². The van der Waals surface area contributed by atoms with Crippen molar-refractivity contribution >= 4 is 40.9 Å². The van der Waals surface area contributed by atoms with Crippen molar-refractivity contribution in [2.24, 2.45) is 7.05 Å². The molecule has 174 valence electrons. The molecule has 1 amide bonds. The minimum absolute atomic E-state index is 0.0747. The second-order valence-corrected chi connectivity index (χ2v) is 8.02. The minimum atomic E-state index is -0.484. The normalized spacial score (nSPS) is 10.5. The second kappa shape index (κ2) is 11.6. The molecule has 0 unspecified atom stereocenters. The highest BCUT2D eigenvalue weighted by Crippen LogP contribution is 2.25. The number of halogens is 1. The van der Waals surface area contributed by atoms with E-state index < -0.39 is 5.97 Å². The number of thioether (sulfide) groups is 1. The summed E-state index contributed by atoms with van der Waals surface area (Å²) in [6, 6.07) is 11.8. The molecule has 0 spiro atoms. The van der Waals surface area contributed by atoms with Crippen LogP contribution in [0.15, 0.2) is 47.6 Å². The Kier molecular flexibility index (Phi) is 8.56. The number of nitrogens with zero attached hydrogens (tertiary/aromatic N) is 3. The third-order valence-electron chi connectivity index (χ3n) is 4.44. The van der Waals surface area contributed by atoms with E-state index in [9.17, 15) is 9.59 Å². The van der Waals surface area contributed by atoms with Gasteiger partial charge in [-0.2, -0.15) is 0 Å². The van der Waals surface area contributed by atoms with Crippen LogP contribution in [0.3, 0.4) is 0 Å². The molecule has 11 heteroatoms. The van der Waals surface area contributed by atoms with Crippen LogP contribution in [0.4, 0.5) is 5.69 Å². The minimum Gasteiger partial charge on any atom is -0.497 e. The maximum Gasteiger partial charge on any atom is 0.338 e. The van der Waals surface area contributed by atoms with Crippen molar-refractivity contribution in [1.82, 2.24) is 14.8 Å². The van der Waals surface area contributed by atoms with Gasteiger partial charge in [0, 0.05) is 7.05 Å². The van der Waals surface area contributed by atoms with Crippen LogP contribution >= 0.6 is 23.4 Å². The highest BCUT2D eigenvalue weighted by Gasteiger charge is 2.15. The molecule has 0 fully saturated rings. The highest BCUT2D eigenvalue weighted by molar-refractivity contribution is 7.99. The molecule has 3 aromatic rings. The van der Waals surface area contributed by atoms with Crippen molar-refractivity contribution < 1.29 is 23.8 Å². The number of ether oxygens (including phenoxy) is 3. The fourth-order valence-corrected chi connectivity index (χ4v) is 3.59. The van der Waals surface area contributed by atoms with Gasteiger partial charge in [-0.15, -0.1) is 10.2 Å². The zero-order valence-electron chi connectivity index (χ0n) is 18.3. The predicted octanol–water partition coefficient (Wildman–Crippen LogP) is 3.96. The third-order valence-corrected chi connectivity index (χ3v) is 5.79. The van der Waals surface area contributed by atoms with Gasteiger partial charge in [-0.25, -0.2) is 4.79 Å². The molecule has 0 aliphatic rings. The Morgan fingerprint density at radius 2 is 1.85 bits per heavy atom. The molecule has 0 saturated heterocycles. The summed E-state index contributed by atoms with van der Waals surface area (Å²) < 4.78 is 17.6. The van der Waals surface area contributed by atoms with Gasteiger partial charge in [0.2, 0.25) is 5.91 Å². The zero-order valence-corrected chi connectivity index (χ0v) is 19.9. The zero-order chi connectivity index (χ0) is 23.8. The third kappa shape index (κ3) is 6.62.